The van der Waals surface area contributed by atoms with Crippen molar-refractivity contribution < 1.29 is 15.0 Å². The standard InChI is InChI=1S/C5H6N2O3S/c8-3-2(4(9)10)1-6-5(11)7-3/h1,3,8H,(H,9,10)(H2,6,7,11). The van der Waals surface area contributed by atoms with Crippen LogP contribution < -0.4 is 10.6 Å². The lowest BCUT2D eigenvalue weighted by molar-refractivity contribution is -0.133. The summed E-state index contributed by atoms with van der Waals surface area (Å²) < 4.78 is 0. The normalized spacial score (nSPS) is 23.2. The van der Waals surface area contributed by atoms with Gasteiger partial charge in [0, 0.05) is 6.20 Å². The van der Waals surface area contributed by atoms with Crippen molar-refractivity contribution in [2.24, 2.45) is 0 Å². The average Bonchev–Trinajstić information content (AvgIpc) is 1.85. The van der Waals surface area contributed by atoms with Crippen LogP contribution in [0.3, 0.4) is 0 Å². The molecule has 60 valence electrons. The predicted molar refractivity (Wildman–Crippen MR) is 40.6 cm³/mol. The minimum Gasteiger partial charge on any atom is -0.478 e. The zero-order valence-electron chi connectivity index (χ0n) is 5.37. The van der Waals surface area contributed by atoms with Crippen molar-refractivity contribution in [1.29, 1.82) is 0 Å². The fraction of sp³-hybridized carbons (Fsp3) is 0.200. The molecule has 0 aliphatic carbocycles. The molecule has 0 saturated heterocycles. The first-order valence-electron chi connectivity index (χ1n) is 2.79. The molecule has 1 aliphatic heterocycles. The first kappa shape index (κ1) is 7.96. The molecule has 1 atom stereocenters. The van der Waals surface area contributed by atoms with Gasteiger partial charge in [0.2, 0.25) is 0 Å². The Bertz CT molecular complexity index is 238. The topological polar surface area (TPSA) is 81.6 Å². The molecule has 0 bridgehead atoms. The van der Waals surface area contributed by atoms with Crippen LogP contribution in [0.1, 0.15) is 0 Å². The first-order valence-corrected chi connectivity index (χ1v) is 3.20. The molecular formula is C5H6N2O3S. The lowest BCUT2D eigenvalue weighted by Crippen LogP contribution is -2.47. The van der Waals surface area contributed by atoms with Crippen molar-refractivity contribution in [2.45, 2.75) is 6.23 Å². The van der Waals surface area contributed by atoms with Gasteiger partial charge >= 0.3 is 5.97 Å². The van der Waals surface area contributed by atoms with Crippen LogP contribution in [0, 0.1) is 0 Å². The third-order valence-electron chi connectivity index (χ3n) is 1.17. The number of aliphatic carboxylic acids is 1. The Morgan fingerprint density at radius 1 is 1.73 bits per heavy atom. The smallest absolute Gasteiger partial charge is 0.337 e. The number of carboxylic acids is 1. The van der Waals surface area contributed by atoms with Gasteiger partial charge in [-0.25, -0.2) is 4.79 Å². The summed E-state index contributed by atoms with van der Waals surface area (Å²) in [4.78, 5) is 10.3. The van der Waals surface area contributed by atoms with E-state index in [0.29, 0.717) is 0 Å². The maximum atomic E-state index is 10.3. The van der Waals surface area contributed by atoms with E-state index in [2.05, 4.69) is 22.9 Å². The summed E-state index contributed by atoms with van der Waals surface area (Å²) in [6.07, 6.45) is -0.0625. The Morgan fingerprint density at radius 3 is 2.82 bits per heavy atom. The van der Waals surface area contributed by atoms with Gasteiger partial charge in [-0.2, -0.15) is 0 Å². The lowest BCUT2D eigenvalue weighted by Gasteiger charge is -2.20. The molecule has 0 aromatic heterocycles. The average molecular weight is 174 g/mol. The Morgan fingerprint density at radius 2 is 2.36 bits per heavy atom. The SMILES string of the molecule is O=C(O)C1=CNC(=S)NC1O. The highest BCUT2D eigenvalue weighted by atomic mass is 32.1. The molecule has 5 nitrogen and oxygen atoms in total. The van der Waals surface area contributed by atoms with E-state index in [9.17, 15) is 4.79 Å². The van der Waals surface area contributed by atoms with Crippen LogP contribution in [0.25, 0.3) is 0 Å². The van der Waals surface area contributed by atoms with Crippen LogP contribution in [0.2, 0.25) is 0 Å². The molecule has 1 heterocycles. The van der Waals surface area contributed by atoms with Crippen LogP contribution >= 0.6 is 12.2 Å². The highest BCUT2D eigenvalue weighted by Crippen LogP contribution is 2.01. The molecule has 4 N–H and O–H groups in total. The fourth-order valence-corrected chi connectivity index (χ4v) is 0.815. The number of carboxylic acid groups (broad SMARTS) is 1. The van der Waals surface area contributed by atoms with Gasteiger partial charge in [0.1, 0.15) is 5.57 Å². The van der Waals surface area contributed by atoms with Crippen molar-refractivity contribution in [3.05, 3.63) is 11.8 Å². The highest BCUT2D eigenvalue weighted by molar-refractivity contribution is 7.80. The van der Waals surface area contributed by atoms with Crippen molar-refractivity contribution in [2.75, 3.05) is 0 Å². The minimum absolute atomic E-state index is 0.154. The molecule has 0 aromatic carbocycles. The maximum absolute atomic E-state index is 10.3. The van der Waals surface area contributed by atoms with E-state index >= 15 is 0 Å². The van der Waals surface area contributed by atoms with Crippen LogP contribution in [0.4, 0.5) is 0 Å². The number of rotatable bonds is 1. The van der Waals surface area contributed by atoms with E-state index in [4.69, 9.17) is 10.2 Å². The summed E-state index contributed by atoms with van der Waals surface area (Å²) in [5, 5.41) is 22.5. The second-order valence-corrected chi connectivity index (χ2v) is 2.33. The summed E-state index contributed by atoms with van der Waals surface area (Å²) in [6, 6.07) is 0. The van der Waals surface area contributed by atoms with Gasteiger partial charge < -0.3 is 20.8 Å². The maximum Gasteiger partial charge on any atom is 0.337 e. The molecular weight excluding hydrogens is 168 g/mol. The third-order valence-corrected chi connectivity index (χ3v) is 1.40. The zero-order valence-corrected chi connectivity index (χ0v) is 6.18. The van der Waals surface area contributed by atoms with Gasteiger partial charge in [-0.1, -0.05) is 0 Å². The molecule has 11 heavy (non-hydrogen) atoms. The van der Waals surface area contributed by atoms with E-state index in [0.717, 1.165) is 6.20 Å². The number of nitrogens with one attached hydrogen (secondary N) is 2. The Hall–Kier alpha value is -1.14. The van der Waals surface area contributed by atoms with E-state index in [-0.39, 0.29) is 10.7 Å². The van der Waals surface area contributed by atoms with Gasteiger partial charge in [0.25, 0.3) is 0 Å². The molecule has 6 heteroatoms. The molecule has 0 amide bonds. The molecule has 0 fully saturated rings. The molecule has 0 spiro atoms. The number of aliphatic hydroxyl groups is 1. The number of thiocarbonyl (C=S) groups is 1. The molecule has 0 aromatic rings. The van der Waals surface area contributed by atoms with Crippen LogP contribution in [-0.2, 0) is 4.79 Å². The number of hydrogen-bond acceptors (Lipinski definition) is 3. The predicted octanol–water partition coefficient (Wildman–Crippen LogP) is -1.25. The van der Waals surface area contributed by atoms with E-state index in [1.165, 1.54) is 0 Å². The van der Waals surface area contributed by atoms with Crippen LogP contribution in [-0.4, -0.2) is 27.5 Å². The summed E-state index contributed by atoms with van der Waals surface area (Å²) in [5.41, 5.74) is -0.154. The molecule has 1 unspecified atom stereocenters. The quantitative estimate of drug-likeness (QED) is 0.372. The largest absolute Gasteiger partial charge is 0.478 e. The first-order chi connectivity index (χ1) is 5.11. The van der Waals surface area contributed by atoms with E-state index in [1.54, 1.807) is 0 Å². The zero-order chi connectivity index (χ0) is 8.43. The monoisotopic (exact) mass is 174 g/mol. The fourth-order valence-electron chi connectivity index (χ4n) is 0.645. The Kier molecular flexibility index (Phi) is 2.06. The highest BCUT2D eigenvalue weighted by Gasteiger charge is 2.21. The molecule has 1 rings (SSSR count). The Balaban J connectivity index is 2.80. The van der Waals surface area contributed by atoms with Gasteiger partial charge in [-0.3, -0.25) is 0 Å². The second kappa shape index (κ2) is 2.85. The minimum atomic E-state index is -1.22. The van der Waals surface area contributed by atoms with E-state index < -0.39 is 12.2 Å². The van der Waals surface area contributed by atoms with Crippen molar-refractivity contribution >= 4 is 23.3 Å². The summed E-state index contributed by atoms with van der Waals surface area (Å²) >= 11 is 4.60. The van der Waals surface area contributed by atoms with Gasteiger partial charge in [0.05, 0.1) is 0 Å². The summed E-state index contributed by atoms with van der Waals surface area (Å²) in [6.45, 7) is 0. The molecule has 0 radical (unpaired) electrons. The van der Waals surface area contributed by atoms with Gasteiger partial charge in [0.15, 0.2) is 11.3 Å². The van der Waals surface area contributed by atoms with Crippen molar-refractivity contribution in [3.63, 3.8) is 0 Å². The van der Waals surface area contributed by atoms with Crippen LogP contribution in [0.5, 0.6) is 0 Å². The molecule has 1 aliphatic rings. The van der Waals surface area contributed by atoms with Gasteiger partial charge in [-0.05, 0) is 12.2 Å². The van der Waals surface area contributed by atoms with Gasteiger partial charge in [-0.15, -0.1) is 0 Å². The number of carbonyl (C=O) groups is 1. The number of hydrogen-bond donors (Lipinski definition) is 4. The number of aliphatic hydroxyl groups excluding tert-OH is 1. The van der Waals surface area contributed by atoms with E-state index in [1.807, 2.05) is 0 Å². The summed E-state index contributed by atoms with van der Waals surface area (Å²) in [5.74, 6) is -1.18. The summed E-state index contributed by atoms with van der Waals surface area (Å²) in [7, 11) is 0. The van der Waals surface area contributed by atoms with Crippen molar-refractivity contribution in [3.8, 4) is 0 Å². The Labute approximate surface area is 67.7 Å². The third kappa shape index (κ3) is 1.66. The molecule has 0 saturated carbocycles. The second-order valence-electron chi connectivity index (χ2n) is 1.93. The van der Waals surface area contributed by atoms with Crippen molar-refractivity contribution in [1.82, 2.24) is 10.6 Å². The lowest BCUT2D eigenvalue weighted by atomic mass is 10.2. The van der Waals surface area contributed by atoms with Crippen LogP contribution in [0.15, 0.2) is 11.8 Å².